The van der Waals surface area contributed by atoms with Crippen LogP contribution in [-0.2, 0) is 31.1 Å². The van der Waals surface area contributed by atoms with Crippen LogP contribution >= 0.6 is 11.6 Å². The highest BCUT2D eigenvalue weighted by atomic mass is 35.5. The Balaban J connectivity index is 0.911. The number of anilines is 3. The molecule has 7 rings (SSSR count). The van der Waals surface area contributed by atoms with Crippen molar-refractivity contribution in [3.05, 3.63) is 119 Å². The highest BCUT2D eigenvalue weighted by Crippen LogP contribution is 2.47. The summed E-state index contributed by atoms with van der Waals surface area (Å²) < 4.78 is 1.99. The van der Waals surface area contributed by atoms with Gasteiger partial charge in [0.2, 0.25) is 24.6 Å². The lowest BCUT2D eigenvalue weighted by Crippen LogP contribution is -2.46. The topological polar surface area (TPSA) is 152 Å². The van der Waals surface area contributed by atoms with Gasteiger partial charge in [0.1, 0.15) is 6.07 Å². The lowest BCUT2D eigenvalue weighted by atomic mass is 9.84. The molecule has 318 valence electrons. The highest BCUT2D eigenvalue weighted by Gasteiger charge is 2.45. The van der Waals surface area contributed by atoms with Crippen molar-refractivity contribution in [2.45, 2.75) is 65.0 Å². The van der Waals surface area contributed by atoms with Crippen molar-refractivity contribution >= 4 is 59.2 Å². The molecule has 3 heterocycles. The molecule has 4 aromatic carbocycles. The van der Waals surface area contributed by atoms with E-state index in [1.165, 1.54) is 0 Å². The molecule has 1 aromatic heterocycles. The Kier molecular flexibility index (Phi) is 13.0. The van der Waals surface area contributed by atoms with E-state index < -0.39 is 23.3 Å². The summed E-state index contributed by atoms with van der Waals surface area (Å²) in [4.78, 5) is 68.9. The zero-order valence-electron chi connectivity index (χ0n) is 35.3. The fourth-order valence-corrected chi connectivity index (χ4v) is 8.44. The molecular weight excluding hydrogens is 804 g/mol. The van der Waals surface area contributed by atoms with Crippen molar-refractivity contribution in [1.29, 1.82) is 5.26 Å². The number of carbonyl (C=O) groups is 5. The predicted octanol–water partition coefficient (Wildman–Crippen LogP) is 7.26. The van der Waals surface area contributed by atoms with Gasteiger partial charge in [0.15, 0.2) is 0 Å². The van der Waals surface area contributed by atoms with Gasteiger partial charge in [-0.15, -0.1) is 0 Å². The Bertz CT molecular complexity index is 2550. The molecule has 5 aromatic rings. The Hall–Kier alpha value is -6.62. The second-order valence-corrected chi connectivity index (χ2v) is 16.8. The number of nitriles is 1. The molecule has 1 unspecified atom stereocenters. The van der Waals surface area contributed by atoms with Gasteiger partial charge in [0, 0.05) is 74.7 Å². The van der Waals surface area contributed by atoms with Crippen molar-refractivity contribution in [3.8, 4) is 28.3 Å². The quantitative estimate of drug-likeness (QED) is 0.107. The van der Waals surface area contributed by atoms with Crippen LogP contribution in [0.15, 0.2) is 91.3 Å². The van der Waals surface area contributed by atoms with Crippen LogP contribution in [0.5, 0.6) is 0 Å². The van der Waals surface area contributed by atoms with Gasteiger partial charge < -0.3 is 4.90 Å². The highest BCUT2D eigenvalue weighted by molar-refractivity contribution is 6.32. The number of halogens is 1. The van der Waals surface area contributed by atoms with E-state index in [1.807, 2.05) is 62.0 Å². The van der Waals surface area contributed by atoms with Crippen LogP contribution in [0, 0.1) is 18.3 Å². The second kappa shape index (κ2) is 18.6. The summed E-state index contributed by atoms with van der Waals surface area (Å²) in [5, 5.41) is 16.4. The van der Waals surface area contributed by atoms with Crippen LogP contribution in [-0.4, -0.2) is 88.9 Å². The van der Waals surface area contributed by atoms with Crippen LogP contribution < -0.4 is 15.1 Å². The van der Waals surface area contributed by atoms with E-state index in [-0.39, 0.29) is 18.7 Å². The van der Waals surface area contributed by atoms with E-state index in [1.54, 1.807) is 30.0 Å². The summed E-state index contributed by atoms with van der Waals surface area (Å²) in [6.45, 7) is 12.5. The van der Waals surface area contributed by atoms with Crippen LogP contribution in [0.2, 0.25) is 5.02 Å². The maximum Gasteiger partial charge on any atom is 0.260 e. The van der Waals surface area contributed by atoms with Gasteiger partial charge in [-0.3, -0.25) is 48.7 Å². The van der Waals surface area contributed by atoms with Crippen molar-refractivity contribution in [3.63, 3.8) is 0 Å². The molecule has 0 spiro atoms. The molecule has 1 atom stereocenters. The number of imide groups is 2. The number of rotatable bonds is 15. The molecule has 0 aliphatic carbocycles. The maximum atomic E-state index is 13.7. The second-order valence-electron chi connectivity index (χ2n) is 16.4. The predicted molar refractivity (Wildman–Crippen MR) is 239 cm³/mol. The largest absolute Gasteiger partial charge is 0.369 e. The standard InChI is InChI=1S/C48H49ClN8O5/c1-32-6-14-39(25-41(32)46(61)56(31-59)33(2)7-17-45(60)51-30-58)54-22-20-53(21-23-54)18-5-19-55-29-38(28-52-55)35-10-8-34(9-11-35)36-13-16-44-42(24-36)48(3,4)47(62)57(44)40-15-12-37(27-50)43(49)26-40/h6,8-16,24-26,28-31,33H,5,7,17-23H2,1-4H3,(H,51,58,60). The van der Waals surface area contributed by atoms with E-state index in [4.69, 9.17) is 11.6 Å². The van der Waals surface area contributed by atoms with Crippen molar-refractivity contribution in [1.82, 2.24) is 24.9 Å². The summed E-state index contributed by atoms with van der Waals surface area (Å²) in [5.41, 5.74) is 8.23. The monoisotopic (exact) mass is 852 g/mol. The van der Waals surface area contributed by atoms with Gasteiger partial charge >= 0.3 is 0 Å². The minimum Gasteiger partial charge on any atom is -0.369 e. The number of aryl methyl sites for hydroxylation is 2. The van der Waals surface area contributed by atoms with Gasteiger partial charge in [-0.2, -0.15) is 10.4 Å². The summed E-state index contributed by atoms with van der Waals surface area (Å²) in [5.74, 6) is -0.930. The summed E-state index contributed by atoms with van der Waals surface area (Å²) >= 11 is 6.34. The third-order valence-electron chi connectivity index (χ3n) is 12.0. The zero-order chi connectivity index (χ0) is 44.1. The Morgan fingerprint density at radius 3 is 2.29 bits per heavy atom. The molecule has 2 aliphatic heterocycles. The molecule has 1 N–H and O–H groups in total. The van der Waals surface area contributed by atoms with Crippen LogP contribution in [0.3, 0.4) is 0 Å². The van der Waals surface area contributed by atoms with E-state index >= 15 is 0 Å². The number of hydrogen-bond donors (Lipinski definition) is 1. The first-order chi connectivity index (χ1) is 29.8. The molecule has 0 radical (unpaired) electrons. The van der Waals surface area contributed by atoms with Crippen molar-refractivity contribution in [2.75, 3.05) is 42.5 Å². The van der Waals surface area contributed by atoms with Gasteiger partial charge in [-0.25, -0.2) is 0 Å². The molecular formula is C48H49ClN8O5. The average Bonchev–Trinajstić information content (AvgIpc) is 3.82. The lowest BCUT2D eigenvalue weighted by molar-refractivity contribution is -0.126. The van der Waals surface area contributed by atoms with E-state index in [0.29, 0.717) is 34.7 Å². The molecule has 1 saturated heterocycles. The molecule has 1 fully saturated rings. The van der Waals surface area contributed by atoms with Crippen molar-refractivity contribution in [2.24, 2.45) is 0 Å². The minimum absolute atomic E-state index is 0.0174. The molecule has 0 bridgehead atoms. The van der Waals surface area contributed by atoms with Gasteiger partial charge in [0.05, 0.1) is 33.6 Å². The molecule has 14 heteroatoms. The summed E-state index contributed by atoms with van der Waals surface area (Å²) in [6.07, 6.45) is 5.99. The first-order valence-corrected chi connectivity index (χ1v) is 21.1. The van der Waals surface area contributed by atoms with E-state index in [9.17, 15) is 29.2 Å². The summed E-state index contributed by atoms with van der Waals surface area (Å²) in [6, 6.07) is 26.8. The van der Waals surface area contributed by atoms with E-state index in [2.05, 4.69) is 62.8 Å². The summed E-state index contributed by atoms with van der Waals surface area (Å²) in [7, 11) is 0. The first kappa shape index (κ1) is 43.5. The zero-order valence-corrected chi connectivity index (χ0v) is 36.1. The van der Waals surface area contributed by atoms with Gasteiger partial charge in [-0.1, -0.05) is 48.0 Å². The lowest BCUT2D eigenvalue weighted by Gasteiger charge is -2.36. The number of benzene rings is 4. The van der Waals surface area contributed by atoms with Crippen LogP contribution in [0.1, 0.15) is 67.1 Å². The third-order valence-corrected chi connectivity index (χ3v) is 12.4. The minimum atomic E-state index is -0.754. The fourth-order valence-electron chi connectivity index (χ4n) is 8.23. The molecule has 0 saturated carbocycles. The molecule has 5 amide bonds. The fraction of sp³-hybridized carbons (Fsp3) is 0.312. The SMILES string of the molecule is Cc1ccc(N2CCN(CCCn3cc(-c4ccc(-c5ccc6c(c5)C(C)(C)C(=O)N6c5ccc(C#N)c(Cl)c5)cc4)cn3)CC2)cc1C(=O)N(C=O)C(C)CCC(=O)NC=O. The number of aromatic nitrogens is 2. The number of piperazine rings is 1. The number of hydrogen-bond acceptors (Lipinski definition) is 9. The number of amides is 5. The van der Waals surface area contributed by atoms with E-state index in [0.717, 1.165) is 95.3 Å². The maximum absolute atomic E-state index is 13.7. The number of carbonyl (C=O) groups excluding carboxylic acids is 5. The van der Waals surface area contributed by atoms with Gasteiger partial charge in [0.25, 0.3) is 5.91 Å². The first-order valence-electron chi connectivity index (χ1n) is 20.7. The smallest absolute Gasteiger partial charge is 0.260 e. The number of fused-ring (bicyclic) bond motifs is 1. The Labute approximate surface area is 366 Å². The van der Waals surface area contributed by atoms with Crippen LogP contribution in [0.4, 0.5) is 17.1 Å². The van der Waals surface area contributed by atoms with Crippen molar-refractivity contribution < 1.29 is 24.0 Å². The Morgan fingerprint density at radius 2 is 1.61 bits per heavy atom. The number of nitrogens with zero attached hydrogens (tertiary/aromatic N) is 7. The Morgan fingerprint density at radius 1 is 0.919 bits per heavy atom. The van der Waals surface area contributed by atoms with Crippen LogP contribution in [0.25, 0.3) is 22.3 Å². The third kappa shape index (κ3) is 9.03. The number of nitrogens with one attached hydrogen (secondary N) is 1. The normalized spacial score (nSPS) is 15.1. The molecule has 13 nitrogen and oxygen atoms in total. The van der Waals surface area contributed by atoms with Gasteiger partial charge in [-0.05, 0) is 111 Å². The molecule has 62 heavy (non-hydrogen) atoms. The molecule has 2 aliphatic rings. The average molecular weight is 853 g/mol.